The van der Waals surface area contributed by atoms with E-state index in [9.17, 15) is 14.4 Å². The van der Waals surface area contributed by atoms with Crippen LogP contribution in [0.15, 0.2) is 141 Å². The van der Waals surface area contributed by atoms with E-state index in [-0.39, 0.29) is 23.9 Å². The van der Waals surface area contributed by atoms with E-state index in [2.05, 4.69) is 130 Å². The SMILES string of the molecule is C=C(C)N.C=C(N)CNC=O.C=C(NCC)C(=C)C(CCPC)NC(=O)C(C)C[C@H](CC)Nc1cccc2ccccc12.C=CN.CC.CC.CC.CC(=O)[C@@H](CCC(C)C)C1CCCCC1.c1ccccc1. The van der Waals surface area contributed by atoms with Gasteiger partial charge in [0.25, 0.3) is 0 Å². The van der Waals surface area contributed by atoms with Gasteiger partial charge in [-0.05, 0) is 113 Å². The molecule has 3 unspecified atom stereocenters. The van der Waals surface area contributed by atoms with E-state index >= 15 is 0 Å². The summed E-state index contributed by atoms with van der Waals surface area (Å²) in [5.41, 5.74) is 18.5. The molecule has 416 valence electrons. The van der Waals surface area contributed by atoms with E-state index in [0.29, 0.717) is 42.0 Å². The van der Waals surface area contributed by atoms with Crippen LogP contribution < -0.4 is 38.5 Å². The fraction of sp³-hybridized carbons (Fsp3) is 0.532. The predicted octanol–water partition coefficient (Wildman–Crippen LogP) is 14.7. The highest BCUT2D eigenvalue weighted by Crippen LogP contribution is 2.33. The van der Waals surface area contributed by atoms with Crippen molar-refractivity contribution in [1.82, 2.24) is 16.0 Å². The molecule has 0 bridgehead atoms. The molecule has 0 heterocycles. The van der Waals surface area contributed by atoms with Gasteiger partial charge in [-0.25, -0.2) is 0 Å². The van der Waals surface area contributed by atoms with Gasteiger partial charge in [0.15, 0.2) is 0 Å². The van der Waals surface area contributed by atoms with Crippen LogP contribution in [0.1, 0.15) is 154 Å². The number of nitrogens with one attached hydrogen (secondary N) is 4. The zero-order valence-electron chi connectivity index (χ0n) is 48.8. The Morgan fingerprint density at radius 2 is 1.29 bits per heavy atom. The van der Waals surface area contributed by atoms with Crippen molar-refractivity contribution in [2.75, 3.05) is 31.2 Å². The molecule has 0 aromatic heterocycles. The van der Waals surface area contributed by atoms with Crippen molar-refractivity contribution < 1.29 is 14.4 Å². The van der Waals surface area contributed by atoms with E-state index < -0.39 is 0 Å². The fourth-order valence-corrected chi connectivity index (χ4v) is 7.86. The summed E-state index contributed by atoms with van der Waals surface area (Å²) in [5.74, 6) is 2.22. The smallest absolute Gasteiger partial charge is 0.223 e. The molecule has 2 amide bonds. The molecule has 73 heavy (non-hydrogen) atoms. The molecule has 4 rings (SSSR count). The third-order valence-corrected chi connectivity index (χ3v) is 11.6. The number of hydrogen-bond donors (Lipinski definition) is 7. The number of likely N-dealkylation sites (N-methyl/N-ethyl adjacent to an activating group) is 1. The number of fused-ring (bicyclic) bond motifs is 1. The van der Waals surface area contributed by atoms with Crippen molar-refractivity contribution in [2.24, 2.45) is 40.9 Å². The maximum atomic E-state index is 13.1. The van der Waals surface area contributed by atoms with Crippen LogP contribution in [0.5, 0.6) is 0 Å². The highest BCUT2D eigenvalue weighted by Gasteiger charge is 2.27. The Balaban J connectivity index is -0.000000308. The number of allylic oxidation sites excluding steroid dienone is 1. The third kappa shape index (κ3) is 43.9. The maximum absolute atomic E-state index is 13.1. The molecule has 10 nitrogen and oxygen atoms in total. The number of anilines is 1. The minimum atomic E-state index is -0.103. The zero-order chi connectivity index (χ0) is 57.0. The van der Waals surface area contributed by atoms with Crippen molar-refractivity contribution >= 4 is 43.1 Å². The fourth-order valence-electron chi connectivity index (χ4n) is 7.28. The largest absolute Gasteiger partial charge is 0.405 e. The summed E-state index contributed by atoms with van der Waals surface area (Å²) in [4.78, 5) is 34.2. The van der Waals surface area contributed by atoms with E-state index in [0.717, 1.165) is 69.8 Å². The van der Waals surface area contributed by atoms with Gasteiger partial charge in [0.2, 0.25) is 12.3 Å². The number of hydrogen-bond acceptors (Lipinski definition) is 8. The number of amides is 2. The molecule has 1 aliphatic rings. The molecule has 1 aliphatic carbocycles. The first kappa shape index (κ1) is 76.6. The summed E-state index contributed by atoms with van der Waals surface area (Å²) in [6, 6.07) is 26.9. The molecule has 10 N–H and O–H groups in total. The van der Waals surface area contributed by atoms with Crippen LogP contribution >= 0.6 is 8.58 Å². The Kier molecular flexibility index (Phi) is 57.1. The molecule has 0 aliphatic heterocycles. The van der Waals surface area contributed by atoms with Crippen LogP contribution in [0.25, 0.3) is 10.8 Å². The lowest BCUT2D eigenvalue weighted by molar-refractivity contribution is -0.125. The Bertz CT molecular complexity index is 1790. The number of carbonyl (C=O) groups excluding carboxylic acids is 3. The molecule has 1 saturated carbocycles. The van der Waals surface area contributed by atoms with Crippen molar-refractivity contribution in [3.05, 3.63) is 141 Å². The first-order valence-corrected chi connectivity index (χ1v) is 28.8. The summed E-state index contributed by atoms with van der Waals surface area (Å²) >= 11 is 0. The molecular weight excluding hydrogens is 922 g/mol. The maximum Gasteiger partial charge on any atom is 0.223 e. The number of rotatable bonds is 22. The predicted molar refractivity (Wildman–Crippen MR) is 329 cm³/mol. The number of carbonyl (C=O) groups is 3. The van der Waals surface area contributed by atoms with Crippen LogP contribution in [0.2, 0.25) is 0 Å². The lowest BCUT2D eigenvalue weighted by Gasteiger charge is -2.29. The van der Waals surface area contributed by atoms with E-state index in [4.69, 9.17) is 11.5 Å². The Morgan fingerprint density at radius 1 is 0.781 bits per heavy atom. The first-order chi connectivity index (χ1) is 34.9. The lowest BCUT2D eigenvalue weighted by Crippen LogP contribution is -2.42. The highest BCUT2D eigenvalue weighted by atomic mass is 31.1. The van der Waals surface area contributed by atoms with Gasteiger partial charge in [0.1, 0.15) is 5.78 Å². The van der Waals surface area contributed by atoms with Gasteiger partial charge < -0.3 is 38.5 Å². The average molecular weight is 1030 g/mol. The molecule has 1 fully saturated rings. The third-order valence-electron chi connectivity index (χ3n) is 10.8. The summed E-state index contributed by atoms with van der Waals surface area (Å²) in [5, 5.41) is 14.9. The van der Waals surface area contributed by atoms with Crippen LogP contribution in [0.4, 0.5) is 5.69 Å². The van der Waals surface area contributed by atoms with Crippen molar-refractivity contribution in [2.45, 2.75) is 166 Å². The van der Waals surface area contributed by atoms with Gasteiger partial charge in [-0.1, -0.05) is 201 Å². The average Bonchev–Trinajstić information content (AvgIpc) is 3.39. The van der Waals surface area contributed by atoms with Gasteiger partial charge in [0.05, 0.1) is 12.6 Å². The van der Waals surface area contributed by atoms with E-state index in [1.807, 2.05) is 91.8 Å². The van der Waals surface area contributed by atoms with Crippen molar-refractivity contribution in [3.8, 4) is 0 Å². The Labute approximate surface area is 450 Å². The molecule has 11 heteroatoms. The molecule has 0 radical (unpaired) electrons. The Morgan fingerprint density at radius 3 is 1.71 bits per heavy atom. The summed E-state index contributed by atoms with van der Waals surface area (Å²) in [6.07, 6.45) is 14.5. The standard InChI is InChI=1S/C27H40N3OP.C14H26O.C6H6.C4H8N2O.C3H7N.C2H5N.3C2H6/c1-7-23(29-26-15-11-13-22-12-9-10-14-24(22)26)18-19(3)27(31)30-25(16-17-32-6)20(4)21(5)28-8-2;1-11(2)9-10-14(12(3)15)13-7-5-4-6-8-13;1-2-4-6-5-3-1;1-4(5)2-6-3-7;1-3(2)4;1-2-3;3*1-2/h9-15,19,23,25,28-29,32H,4-5,7-8,16-18H2,1-3,6H3,(H,30,31);11,13-14H,4-10H2,1-3H3;1-6H;3H,1-2,5H2,(H,6,7);1,4H2,2H3;2H,1,3H2;3*1-2H3/t19?,23-,25?;14-;;;;;;;/m01......./s1. The summed E-state index contributed by atoms with van der Waals surface area (Å²) in [6.45, 7) is 47.7. The van der Waals surface area contributed by atoms with Crippen LogP contribution in [-0.4, -0.2) is 56.1 Å². The van der Waals surface area contributed by atoms with Gasteiger partial charge in [-0.2, -0.15) is 0 Å². The minimum Gasteiger partial charge on any atom is -0.405 e. The second-order valence-electron chi connectivity index (χ2n) is 17.4. The normalized spacial score (nSPS) is 12.5. The Hall–Kier alpha value is -5.34. The molecule has 0 saturated heterocycles. The van der Waals surface area contributed by atoms with Crippen LogP contribution in [0.3, 0.4) is 0 Å². The molecule has 0 spiro atoms. The van der Waals surface area contributed by atoms with E-state index in [1.54, 1.807) is 13.8 Å². The van der Waals surface area contributed by atoms with Crippen LogP contribution in [-0.2, 0) is 14.4 Å². The first-order valence-electron chi connectivity index (χ1n) is 27.1. The van der Waals surface area contributed by atoms with Gasteiger partial charge in [0, 0.05) is 46.9 Å². The molecular formula is C62H110N7O3P. The zero-order valence-corrected chi connectivity index (χ0v) is 49.8. The summed E-state index contributed by atoms with van der Waals surface area (Å²) in [7, 11) is 0.848. The second kappa shape index (κ2) is 54.4. The topological polar surface area (TPSA) is 177 Å². The summed E-state index contributed by atoms with van der Waals surface area (Å²) < 4.78 is 0. The van der Waals surface area contributed by atoms with E-state index in [1.165, 1.54) is 55.5 Å². The monoisotopic (exact) mass is 1030 g/mol. The second-order valence-corrected chi connectivity index (χ2v) is 18.6. The van der Waals surface area contributed by atoms with Gasteiger partial charge >= 0.3 is 0 Å². The van der Waals surface area contributed by atoms with Gasteiger partial charge in [-0.3, -0.25) is 14.4 Å². The lowest BCUT2D eigenvalue weighted by atomic mass is 9.76. The quantitative estimate of drug-likeness (QED) is 0.0295. The number of benzene rings is 3. The highest BCUT2D eigenvalue weighted by molar-refractivity contribution is 7.36. The van der Waals surface area contributed by atoms with Crippen LogP contribution in [0, 0.1) is 23.7 Å². The number of nitrogens with two attached hydrogens (primary N) is 3. The molecule has 3 aromatic carbocycles. The number of ketones is 1. The minimum absolute atomic E-state index is 0.0740. The van der Waals surface area contributed by atoms with Crippen molar-refractivity contribution in [3.63, 3.8) is 0 Å². The molecule has 5 atom stereocenters. The number of Topliss-reactive ketones (excluding diaryl/α,β-unsaturated/α-hetero) is 1. The molecule has 3 aromatic rings. The van der Waals surface area contributed by atoms with Crippen molar-refractivity contribution in [1.29, 1.82) is 0 Å². The van der Waals surface area contributed by atoms with Gasteiger partial charge in [-0.15, -0.1) is 8.58 Å².